The first kappa shape index (κ1) is 10.7. The summed E-state index contributed by atoms with van der Waals surface area (Å²) in [4.78, 5) is 23.8. The van der Waals surface area contributed by atoms with Crippen molar-refractivity contribution >= 4 is 35.1 Å². The molecule has 0 amide bonds. The Morgan fingerprint density at radius 3 is 2.93 bits per heavy atom. The van der Waals surface area contributed by atoms with Crippen molar-refractivity contribution in [1.29, 1.82) is 0 Å². The highest BCUT2D eigenvalue weighted by Crippen LogP contribution is 2.29. The Bertz CT molecular complexity index is 447. The molecule has 0 saturated heterocycles. The zero-order valence-corrected chi connectivity index (χ0v) is 9.48. The van der Waals surface area contributed by atoms with Crippen molar-refractivity contribution in [1.82, 2.24) is 4.72 Å². The van der Waals surface area contributed by atoms with E-state index in [0.717, 1.165) is 4.90 Å². The second kappa shape index (κ2) is 3.96. The second-order valence-electron chi connectivity index (χ2n) is 3.27. The normalized spacial score (nSPS) is 19.9. The van der Waals surface area contributed by atoms with Gasteiger partial charge >= 0.3 is 0 Å². The first-order chi connectivity index (χ1) is 7.09. The van der Waals surface area contributed by atoms with Gasteiger partial charge in [0.1, 0.15) is 6.04 Å². The third-order valence-electron chi connectivity index (χ3n) is 2.16. The van der Waals surface area contributed by atoms with Crippen LogP contribution in [0, 0.1) is 0 Å². The number of carbonyl (C=O) groups is 2. The fraction of sp³-hybridized carbons (Fsp3) is 0.200. The molecule has 5 heteroatoms. The van der Waals surface area contributed by atoms with Crippen molar-refractivity contribution in [2.24, 2.45) is 0 Å². The third kappa shape index (κ3) is 1.93. The van der Waals surface area contributed by atoms with Crippen LogP contribution >= 0.6 is 23.5 Å². The van der Waals surface area contributed by atoms with Gasteiger partial charge in [0.25, 0.3) is 0 Å². The van der Waals surface area contributed by atoms with Crippen LogP contribution in [0.5, 0.6) is 0 Å². The average molecular weight is 242 g/mol. The molecule has 1 N–H and O–H groups in total. The molecule has 0 spiro atoms. The van der Waals surface area contributed by atoms with E-state index < -0.39 is 6.04 Å². The predicted octanol–water partition coefficient (Wildman–Crippen LogP) is 2.09. The summed E-state index contributed by atoms with van der Waals surface area (Å²) in [5, 5.41) is 0.581. The Hall–Kier alpha value is -0.840. The van der Waals surface area contributed by atoms with Crippen molar-refractivity contribution in [2.45, 2.75) is 17.9 Å². The lowest BCUT2D eigenvalue weighted by atomic mass is 10.0. The predicted molar refractivity (Wildman–Crippen MR) is 59.2 cm³/mol. The molecule has 1 aliphatic rings. The molecule has 15 heavy (non-hydrogen) atoms. The van der Waals surface area contributed by atoms with E-state index in [1.807, 2.05) is 0 Å². The van der Waals surface area contributed by atoms with Crippen LogP contribution in [0.2, 0.25) is 5.02 Å². The second-order valence-corrected chi connectivity index (χ2v) is 4.58. The number of hydrogen-bond donors (Lipinski definition) is 1. The number of rotatable bonds is 1. The van der Waals surface area contributed by atoms with Crippen LogP contribution in [0.25, 0.3) is 0 Å². The zero-order chi connectivity index (χ0) is 11.0. The Kier molecular flexibility index (Phi) is 2.82. The number of nitrogens with one attached hydrogen (secondary N) is 1. The van der Waals surface area contributed by atoms with Gasteiger partial charge in [0.05, 0.1) is 0 Å². The summed E-state index contributed by atoms with van der Waals surface area (Å²) in [5.41, 5.74) is 0.559. The van der Waals surface area contributed by atoms with Gasteiger partial charge in [0.2, 0.25) is 0 Å². The zero-order valence-electron chi connectivity index (χ0n) is 7.91. The van der Waals surface area contributed by atoms with Gasteiger partial charge in [-0.15, -0.1) is 0 Å². The van der Waals surface area contributed by atoms with Gasteiger partial charge in [0.15, 0.2) is 11.6 Å². The lowest BCUT2D eigenvalue weighted by Gasteiger charge is -2.21. The Morgan fingerprint density at radius 1 is 1.53 bits per heavy atom. The average Bonchev–Trinajstić information content (AvgIpc) is 2.17. The molecule has 0 fully saturated rings. The summed E-state index contributed by atoms with van der Waals surface area (Å²) in [6.45, 7) is 1.40. The minimum Gasteiger partial charge on any atom is -0.298 e. The van der Waals surface area contributed by atoms with Crippen molar-refractivity contribution < 1.29 is 9.59 Å². The Labute approximate surface area is 96.3 Å². The fourth-order valence-corrected chi connectivity index (χ4v) is 2.60. The van der Waals surface area contributed by atoms with Gasteiger partial charge < -0.3 is 0 Å². The van der Waals surface area contributed by atoms with Gasteiger partial charge in [-0.1, -0.05) is 11.6 Å². The molecule has 1 aromatic rings. The summed E-state index contributed by atoms with van der Waals surface area (Å²) >= 11 is 7.07. The smallest absolute Gasteiger partial charge is 0.189 e. The third-order valence-corrected chi connectivity index (χ3v) is 3.31. The highest BCUT2D eigenvalue weighted by Gasteiger charge is 2.30. The van der Waals surface area contributed by atoms with Crippen molar-refractivity contribution in [2.75, 3.05) is 0 Å². The highest BCUT2D eigenvalue weighted by molar-refractivity contribution is 7.97. The summed E-state index contributed by atoms with van der Waals surface area (Å²) < 4.78 is 2.81. The van der Waals surface area contributed by atoms with E-state index in [0.29, 0.717) is 10.6 Å². The first-order valence-corrected chi connectivity index (χ1v) is 5.55. The SMILES string of the molecule is CC(=O)C1NSc2cc(Cl)ccc2C1=O. The summed E-state index contributed by atoms with van der Waals surface area (Å²) in [5.74, 6) is -0.360. The fourth-order valence-electron chi connectivity index (χ4n) is 1.38. The van der Waals surface area contributed by atoms with Gasteiger partial charge in [-0.3, -0.25) is 9.59 Å². The van der Waals surface area contributed by atoms with Crippen LogP contribution in [-0.4, -0.2) is 17.6 Å². The van der Waals surface area contributed by atoms with E-state index in [9.17, 15) is 9.59 Å². The van der Waals surface area contributed by atoms with Crippen LogP contribution in [0.1, 0.15) is 17.3 Å². The maximum atomic E-state index is 11.8. The van der Waals surface area contributed by atoms with Crippen LogP contribution in [0.4, 0.5) is 0 Å². The van der Waals surface area contributed by atoms with E-state index in [-0.39, 0.29) is 11.6 Å². The molecule has 1 unspecified atom stereocenters. The van der Waals surface area contributed by atoms with Gasteiger partial charge in [0, 0.05) is 15.5 Å². The molecule has 2 rings (SSSR count). The number of halogens is 1. The topological polar surface area (TPSA) is 46.2 Å². The number of Topliss-reactive ketones (excluding diaryl/α,β-unsaturated/α-hetero) is 2. The minimum atomic E-state index is -0.733. The van der Waals surface area contributed by atoms with Crippen LogP contribution in [-0.2, 0) is 4.79 Å². The van der Waals surface area contributed by atoms with Gasteiger partial charge in [-0.05, 0) is 37.1 Å². The molecule has 1 aromatic carbocycles. The molecule has 0 radical (unpaired) electrons. The number of hydrogen-bond acceptors (Lipinski definition) is 4. The molecule has 1 atom stereocenters. The molecule has 3 nitrogen and oxygen atoms in total. The Morgan fingerprint density at radius 2 is 2.27 bits per heavy atom. The number of fused-ring (bicyclic) bond motifs is 1. The van der Waals surface area contributed by atoms with E-state index >= 15 is 0 Å². The molecule has 0 saturated carbocycles. The summed E-state index contributed by atoms with van der Waals surface area (Å²) in [6.07, 6.45) is 0. The molecule has 1 aliphatic heterocycles. The molecule has 0 aliphatic carbocycles. The molecular formula is C10H8ClNO2S. The minimum absolute atomic E-state index is 0.173. The van der Waals surface area contributed by atoms with Crippen LogP contribution in [0.15, 0.2) is 23.1 Å². The number of benzene rings is 1. The van der Waals surface area contributed by atoms with Gasteiger partial charge in [-0.2, -0.15) is 0 Å². The van der Waals surface area contributed by atoms with Crippen molar-refractivity contribution in [3.63, 3.8) is 0 Å². The maximum absolute atomic E-state index is 11.8. The van der Waals surface area contributed by atoms with Crippen LogP contribution < -0.4 is 4.72 Å². The summed E-state index contributed by atoms with van der Waals surface area (Å²) in [7, 11) is 0. The largest absolute Gasteiger partial charge is 0.298 e. The Balaban J connectivity index is 2.43. The molecular weight excluding hydrogens is 234 g/mol. The lowest BCUT2D eigenvalue weighted by molar-refractivity contribution is -0.117. The molecule has 0 bridgehead atoms. The van der Waals surface area contributed by atoms with Crippen molar-refractivity contribution in [3.8, 4) is 0 Å². The van der Waals surface area contributed by atoms with Gasteiger partial charge in [-0.25, -0.2) is 4.72 Å². The quantitative estimate of drug-likeness (QED) is 0.604. The standard InChI is InChI=1S/C10H8ClNO2S/c1-5(13)9-10(14)7-3-2-6(11)4-8(7)15-12-9/h2-4,9,12H,1H3. The van der Waals surface area contributed by atoms with Crippen LogP contribution in [0.3, 0.4) is 0 Å². The first-order valence-electron chi connectivity index (χ1n) is 4.36. The summed E-state index contributed by atoms with van der Waals surface area (Å²) in [6, 6.07) is 4.29. The number of ketones is 2. The van der Waals surface area contributed by atoms with Crippen molar-refractivity contribution in [3.05, 3.63) is 28.8 Å². The van der Waals surface area contributed by atoms with E-state index in [1.54, 1.807) is 18.2 Å². The number of carbonyl (C=O) groups excluding carboxylic acids is 2. The molecule has 78 valence electrons. The molecule has 1 heterocycles. The maximum Gasteiger partial charge on any atom is 0.189 e. The van der Waals surface area contributed by atoms with E-state index in [2.05, 4.69) is 4.72 Å². The lowest BCUT2D eigenvalue weighted by Crippen LogP contribution is -2.41. The van der Waals surface area contributed by atoms with E-state index in [1.165, 1.54) is 18.9 Å². The highest BCUT2D eigenvalue weighted by atomic mass is 35.5. The van der Waals surface area contributed by atoms with E-state index in [4.69, 9.17) is 11.6 Å². The molecule has 0 aromatic heterocycles. The monoisotopic (exact) mass is 241 g/mol.